The van der Waals surface area contributed by atoms with Crippen LogP contribution in [0.3, 0.4) is 0 Å². The molecule has 0 bridgehead atoms. The summed E-state index contributed by atoms with van der Waals surface area (Å²) in [5.41, 5.74) is 2.88. The first-order valence-electron chi connectivity index (χ1n) is 8.31. The van der Waals surface area contributed by atoms with Gasteiger partial charge in [0.05, 0.1) is 10.8 Å². The number of carbonyl (C=O) groups excluding carboxylic acids is 1. The number of benzene rings is 2. The van der Waals surface area contributed by atoms with Gasteiger partial charge >= 0.3 is 0 Å². The third kappa shape index (κ3) is 5.64. The zero-order chi connectivity index (χ0) is 20.1. The van der Waals surface area contributed by atoms with Crippen molar-refractivity contribution >= 4 is 46.6 Å². The summed E-state index contributed by atoms with van der Waals surface area (Å²) in [7, 11) is 0. The third-order valence-corrected chi connectivity index (χ3v) is 5.04. The van der Waals surface area contributed by atoms with Crippen molar-refractivity contribution in [3.05, 3.63) is 63.5 Å². The molecule has 0 aliphatic rings. The maximum Gasteiger partial charge on any atom is 0.277 e. The minimum absolute atomic E-state index is 0.0591. The lowest BCUT2D eigenvalue weighted by Gasteiger charge is -2.08. The van der Waals surface area contributed by atoms with Crippen LogP contribution in [0.15, 0.2) is 46.0 Å². The number of hydrogen-bond acceptors (Lipinski definition) is 6. The molecule has 3 rings (SSSR count). The van der Waals surface area contributed by atoms with Gasteiger partial charge in [-0.3, -0.25) is 4.79 Å². The molecule has 146 valence electrons. The molecule has 6 nitrogen and oxygen atoms in total. The van der Waals surface area contributed by atoms with Gasteiger partial charge < -0.3 is 14.5 Å². The summed E-state index contributed by atoms with van der Waals surface area (Å²) in [4.78, 5) is 12.2. The second-order valence-electron chi connectivity index (χ2n) is 5.98. The minimum atomic E-state index is -0.150. The summed E-state index contributed by atoms with van der Waals surface area (Å²) in [6, 6.07) is 10.8. The zero-order valence-corrected chi connectivity index (χ0v) is 17.5. The Morgan fingerprint density at radius 2 is 2.00 bits per heavy atom. The first-order valence-corrected chi connectivity index (χ1v) is 10.0. The van der Waals surface area contributed by atoms with E-state index in [1.807, 2.05) is 32.0 Å². The average molecular weight is 438 g/mol. The summed E-state index contributed by atoms with van der Waals surface area (Å²) in [5.74, 6) is 0.747. The number of rotatable bonds is 7. The van der Waals surface area contributed by atoms with Gasteiger partial charge in [-0.1, -0.05) is 47.1 Å². The molecule has 0 aliphatic heterocycles. The number of aryl methyl sites for hydroxylation is 2. The van der Waals surface area contributed by atoms with E-state index in [4.69, 9.17) is 32.4 Å². The molecule has 0 radical (unpaired) electrons. The highest BCUT2D eigenvalue weighted by Crippen LogP contribution is 2.28. The first kappa shape index (κ1) is 20.5. The average Bonchev–Trinajstić information content (AvgIpc) is 3.10. The number of thioether (sulfide) groups is 1. The van der Waals surface area contributed by atoms with Gasteiger partial charge in [0.1, 0.15) is 5.75 Å². The van der Waals surface area contributed by atoms with Gasteiger partial charge in [0.25, 0.3) is 11.1 Å². The highest BCUT2D eigenvalue weighted by Gasteiger charge is 2.12. The number of ether oxygens (including phenoxy) is 1. The Labute approximate surface area is 176 Å². The molecule has 0 aliphatic carbocycles. The number of amides is 1. The number of nitrogens with one attached hydrogen (secondary N) is 1. The standard InChI is InChI=1S/C19H17Cl2N3O3S/c1-11-3-4-12(2)15(7-11)22-17(25)10-28-19-24-23-18(27-19)9-26-16-6-5-13(20)8-14(16)21/h3-8H,9-10H2,1-2H3,(H,22,25). The molecule has 0 fully saturated rings. The Kier molecular flexibility index (Phi) is 6.83. The monoisotopic (exact) mass is 437 g/mol. The number of halogens is 2. The highest BCUT2D eigenvalue weighted by molar-refractivity contribution is 7.99. The van der Waals surface area contributed by atoms with Crippen molar-refractivity contribution in [3.8, 4) is 5.75 Å². The number of hydrogen-bond donors (Lipinski definition) is 1. The van der Waals surface area contributed by atoms with Crippen LogP contribution in [0.25, 0.3) is 0 Å². The molecule has 2 aromatic carbocycles. The largest absolute Gasteiger partial charge is 0.482 e. The normalized spacial score (nSPS) is 10.7. The molecule has 0 atom stereocenters. The van der Waals surface area contributed by atoms with E-state index >= 15 is 0 Å². The van der Waals surface area contributed by atoms with E-state index in [-0.39, 0.29) is 29.4 Å². The summed E-state index contributed by atoms with van der Waals surface area (Å²) in [6.07, 6.45) is 0. The quantitative estimate of drug-likeness (QED) is 0.505. The minimum Gasteiger partial charge on any atom is -0.482 e. The van der Waals surface area contributed by atoms with E-state index in [2.05, 4.69) is 15.5 Å². The molecule has 1 amide bonds. The van der Waals surface area contributed by atoms with E-state index in [9.17, 15) is 4.79 Å². The lowest BCUT2D eigenvalue weighted by atomic mass is 10.1. The van der Waals surface area contributed by atoms with Crippen molar-refractivity contribution in [2.75, 3.05) is 11.1 Å². The molecule has 28 heavy (non-hydrogen) atoms. The number of carbonyl (C=O) groups is 1. The fourth-order valence-corrected chi connectivity index (χ4v) is 3.31. The van der Waals surface area contributed by atoms with Crippen molar-refractivity contribution in [1.82, 2.24) is 10.2 Å². The van der Waals surface area contributed by atoms with E-state index < -0.39 is 0 Å². The van der Waals surface area contributed by atoms with Crippen LogP contribution in [0, 0.1) is 13.8 Å². The molecule has 1 heterocycles. The molecule has 0 spiro atoms. The third-order valence-electron chi connectivity index (χ3n) is 3.69. The number of aromatic nitrogens is 2. The van der Waals surface area contributed by atoms with Crippen LogP contribution in [-0.2, 0) is 11.4 Å². The van der Waals surface area contributed by atoms with Crippen LogP contribution in [-0.4, -0.2) is 21.9 Å². The molecule has 1 aromatic heterocycles. The predicted octanol–water partition coefficient (Wildman–Crippen LogP) is 5.30. The zero-order valence-electron chi connectivity index (χ0n) is 15.2. The van der Waals surface area contributed by atoms with Crippen LogP contribution >= 0.6 is 35.0 Å². The fourth-order valence-electron chi connectivity index (χ4n) is 2.27. The van der Waals surface area contributed by atoms with Crippen LogP contribution in [0.2, 0.25) is 10.0 Å². The van der Waals surface area contributed by atoms with Crippen molar-refractivity contribution in [2.24, 2.45) is 0 Å². The van der Waals surface area contributed by atoms with Crippen LogP contribution < -0.4 is 10.1 Å². The molecular formula is C19H17Cl2N3O3S. The van der Waals surface area contributed by atoms with Gasteiger partial charge in [-0.25, -0.2) is 0 Å². The summed E-state index contributed by atoms with van der Waals surface area (Å²) in [5, 5.41) is 11.9. The Bertz CT molecular complexity index is 994. The molecular weight excluding hydrogens is 421 g/mol. The molecule has 9 heteroatoms. The molecule has 0 saturated heterocycles. The lowest BCUT2D eigenvalue weighted by Crippen LogP contribution is -2.14. The summed E-state index contributed by atoms with van der Waals surface area (Å²) in [6.45, 7) is 3.98. The van der Waals surface area contributed by atoms with Crippen molar-refractivity contribution in [3.63, 3.8) is 0 Å². The van der Waals surface area contributed by atoms with Crippen molar-refractivity contribution in [2.45, 2.75) is 25.7 Å². The van der Waals surface area contributed by atoms with Gasteiger partial charge in [-0.05, 0) is 49.2 Å². The van der Waals surface area contributed by atoms with E-state index in [0.29, 0.717) is 15.8 Å². The van der Waals surface area contributed by atoms with Gasteiger partial charge in [-0.15, -0.1) is 10.2 Å². The van der Waals surface area contributed by atoms with Gasteiger partial charge in [-0.2, -0.15) is 0 Å². The van der Waals surface area contributed by atoms with E-state index in [0.717, 1.165) is 28.6 Å². The van der Waals surface area contributed by atoms with E-state index in [1.165, 1.54) is 0 Å². The Morgan fingerprint density at radius 3 is 2.79 bits per heavy atom. The topological polar surface area (TPSA) is 77.2 Å². The van der Waals surface area contributed by atoms with Crippen LogP contribution in [0.4, 0.5) is 5.69 Å². The molecule has 1 N–H and O–H groups in total. The SMILES string of the molecule is Cc1ccc(C)c(NC(=O)CSc2nnc(COc3ccc(Cl)cc3Cl)o2)c1. The predicted molar refractivity (Wildman–Crippen MR) is 110 cm³/mol. The van der Waals surface area contributed by atoms with E-state index in [1.54, 1.807) is 18.2 Å². The maximum absolute atomic E-state index is 12.2. The second-order valence-corrected chi connectivity index (χ2v) is 7.75. The van der Waals surface area contributed by atoms with Crippen molar-refractivity contribution in [1.29, 1.82) is 0 Å². The van der Waals surface area contributed by atoms with Crippen LogP contribution in [0.1, 0.15) is 17.0 Å². The first-order chi connectivity index (χ1) is 13.4. The maximum atomic E-state index is 12.2. The molecule has 0 unspecified atom stereocenters. The van der Waals surface area contributed by atoms with Gasteiger partial charge in [0.2, 0.25) is 5.91 Å². The van der Waals surface area contributed by atoms with Crippen molar-refractivity contribution < 1.29 is 13.9 Å². The fraction of sp³-hybridized carbons (Fsp3) is 0.211. The highest BCUT2D eigenvalue weighted by atomic mass is 35.5. The van der Waals surface area contributed by atoms with Gasteiger partial charge in [0.15, 0.2) is 6.61 Å². The Hall–Kier alpha value is -2.22. The summed E-state index contributed by atoms with van der Waals surface area (Å²) >= 11 is 13.1. The van der Waals surface area contributed by atoms with Crippen LogP contribution in [0.5, 0.6) is 5.75 Å². The number of anilines is 1. The summed E-state index contributed by atoms with van der Waals surface area (Å²) < 4.78 is 11.0. The second kappa shape index (κ2) is 9.32. The smallest absolute Gasteiger partial charge is 0.277 e. The van der Waals surface area contributed by atoms with Gasteiger partial charge in [0, 0.05) is 10.7 Å². The Morgan fingerprint density at radius 1 is 1.18 bits per heavy atom. The lowest BCUT2D eigenvalue weighted by molar-refractivity contribution is -0.113. The Balaban J connectivity index is 1.50. The molecule has 0 saturated carbocycles. The number of nitrogens with zero attached hydrogens (tertiary/aromatic N) is 2. The molecule has 3 aromatic rings.